The topological polar surface area (TPSA) is 75.7 Å². The van der Waals surface area contributed by atoms with Crippen LogP contribution in [0.4, 0.5) is 0 Å². The lowest BCUT2D eigenvalue weighted by Crippen LogP contribution is -2.36. The largest absolute Gasteiger partial charge is 0.376 e. The summed E-state index contributed by atoms with van der Waals surface area (Å²) in [6.07, 6.45) is 1.62. The third-order valence-electron chi connectivity index (χ3n) is 6.25. The number of benzene rings is 3. The van der Waals surface area contributed by atoms with Crippen LogP contribution in [-0.2, 0) is 4.74 Å². The van der Waals surface area contributed by atoms with E-state index >= 15 is 0 Å². The second-order valence-electron chi connectivity index (χ2n) is 8.49. The predicted molar refractivity (Wildman–Crippen MR) is 128 cm³/mol. The lowest BCUT2D eigenvalue weighted by Gasteiger charge is -2.20. The van der Waals surface area contributed by atoms with Crippen molar-refractivity contribution in [3.05, 3.63) is 106 Å². The van der Waals surface area contributed by atoms with Gasteiger partial charge in [-0.15, -0.1) is 0 Å². The van der Waals surface area contributed by atoms with E-state index in [-0.39, 0.29) is 35.9 Å². The minimum atomic E-state index is -0.410. The van der Waals surface area contributed by atoms with E-state index < -0.39 is 6.04 Å². The van der Waals surface area contributed by atoms with Crippen LogP contribution < -0.4 is 5.32 Å². The number of fused-ring (bicyclic) bond motifs is 1. The first-order valence-corrected chi connectivity index (χ1v) is 11.6. The van der Waals surface area contributed by atoms with E-state index in [4.69, 9.17) is 16.3 Å². The van der Waals surface area contributed by atoms with Crippen molar-refractivity contribution in [1.29, 1.82) is 0 Å². The molecule has 0 unspecified atom stereocenters. The maximum atomic E-state index is 13.2. The maximum Gasteiger partial charge on any atom is 0.261 e. The first-order chi connectivity index (χ1) is 16.5. The van der Waals surface area contributed by atoms with E-state index in [1.165, 1.54) is 11.0 Å². The lowest BCUT2D eigenvalue weighted by molar-refractivity contribution is 0.0475. The van der Waals surface area contributed by atoms with Crippen molar-refractivity contribution < 1.29 is 19.1 Å². The number of rotatable bonds is 6. The van der Waals surface area contributed by atoms with E-state index in [0.717, 1.165) is 24.0 Å². The second-order valence-corrected chi connectivity index (χ2v) is 8.92. The van der Waals surface area contributed by atoms with E-state index in [0.29, 0.717) is 22.8 Å². The van der Waals surface area contributed by atoms with E-state index in [1.54, 1.807) is 24.3 Å². The molecule has 0 radical (unpaired) electrons. The Morgan fingerprint density at radius 1 is 0.971 bits per heavy atom. The monoisotopic (exact) mass is 474 g/mol. The van der Waals surface area contributed by atoms with Gasteiger partial charge in [-0.25, -0.2) is 0 Å². The normalized spacial score (nSPS) is 18.1. The van der Waals surface area contributed by atoms with Crippen molar-refractivity contribution in [2.24, 2.45) is 0 Å². The molecule has 172 valence electrons. The highest BCUT2D eigenvalue weighted by Gasteiger charge is 2.38. The molecule has 34 heavy (non-hydrogen) atoms. The smallest absolute Gasteiger partial charge is 0.261 e. The molecular weight excluding hydrogens is 452 g/mol. The highest BCUT2D eigenvalue weighted by molar-refractivity contribution is 6.30. The highest BCUT2D eigenvalue weighted by Crippen LogP contribution is 2.28. The van der Waals surface area contributed by atoms with Crippen LogP contribution in [0.25, 0.3) is 0 Å². The van der Waals surface area contributed by atoms with Crippen LogP contribution >= 0.6 is 11.6 Å². The zero-order valence-corrected chi connectivity index (χ0v) is 19.1. The minimum Gasteiger partial charge on any atom is -0.376 e. The summed E-state index contributed by atoms with van der Waals surface area (Å²) in [6.45, 7) is 0.884. The summed E-state index contributed by atoms with van der Waals surface area (Å²) in [5.74, 6) is -1.07. The molecule has 1 saturated heterocycles. The van der Waals surface area contributed by atoms with Crippen LogP contribution in [0.1, 0.15) is 61.1 Å². The SMILES string of the molecule is O=C(N[C@@H](c1ccccc1)c1ccc(Cl)cc1)c1ccc2c(c1)C(=O)N(C[C@H]1CCCO1)C2=O. The molecule has 0 bridgehead atoms. The summed E-state index contributed by atoms with van der Waals surface area (Å²) in [7, 11) is 0. The second kappa shape index (κ2) is 9.41. The Balaban J connectivity index is 1.39. The van der Waals surface area contributed by atoms with Gasteiger partial charge in [0, 0.05) is 17.2 Å². The summed E-state index contributed by atoms with van der Waals surface area (Å²) in [5.41, 5.74) is 2.66. The van der Waals surface area contributed by atoms with Crippen LogP contribution in [-0.4, -0.2) is 41.9 Å². The van der Waals surface area contributed by atoms with Crippen LogP contribution in [0, 0.1) is 0 Å². The average Bonchev–Trinajstić information content (AvgIpc) is 3.46. The van der Waals surface area contributed by atoms with Gasteiger partial charge in [0.2, 0.25) is 0 Å². The number of carbonyl (C=O) groups is 3. The molecular formula is C27H23ClN2O4. The van der Waals surface area contributed by atoms with Gasteiger partial charge in [-0.2, -0.15) is 0 Å². The molecule has 3 aromatic carbocycles. The molecule has 2 heterocycles. The number of hydrogen-bond acceptors (Lipinski definition) is 4. The number of halogens is 1. The molecule has 0 aromatic heterocycles. The Morgan fingerprint density at radius 3 is 2.38 bits per heavy atom. The standard InChI is InChI=1S/C27H23ClN2O4/c28-20-11-8-18(9-12-20)24(17-5-2-1-3-6-17)29-25(31)19-10-13-22-23(15-19)27(33)30(26(22)32)16-21-7-4-14-34-21/h1-3,5-6,8-13,15,21,24H,4,7,14,16H2,(H,29,31)/t21-,24+/m1/s1. The van der Waals surface area contributed by atoms with Crippen molar-refractivity contribution in [2.45, 2.75) is 25.0 Å². The molecule has 2 atom stereocenters. The van der Waals surface area contributed by atoms with E-state index in [1.807, 2.05) is 42.5 Å². The van der Waals surface area contributed by atoms with Crippen LogP contribution in [0.15, 0.2) is 72.8 Å². The van der Waals surface area contributed by atoms with Gasteiger partial charge in [0.25, 0.3) is 17.7 Å². The molecule has 2 aliphatic heterocycles. The summed E-state index contributed by atoms with van der Waals surface area (Å²) < 4.78 is 5.59. The van der Waals surface area contributed by atoms with Crippen LogP contribution in [0.2, 0.25) is 5.02 Å². The molecule has 6 nitrogen and oxygen atoms in total. The van der Waals surface area contributed by atoms with Crippen molar-refractivity contribution in [3.63, 3.8) is 0 Å². The fraction of sp³-hybridized carbons (Fsp3) is 0.222. The summed E-state index contributed by atoms with van der Waals surface area (Å²) >= 11 is 6.05. The maximum absolute atomic E-state index is 13.2. The molecule has 3 aromatic rings. The minimum absolute atomic E-state index is 0.129. The van der Waals surface area contributed by atoms with Gasteiger partial charge in [0.1, 0.15) is 0 Å². The van der Waals surface area contributed by atoms with Gasteiger partial charge in [-0.3, -0.25) is 19.3 Å². The number of amides is 3. The van der Waals surface area contributed by atoms with Crippen LogP contribution in [0.5, 0.6) is 0 Å². The first kappa shape index (κ1) is 22.3. The van der Waals surface area contributed by atoms with Gasteiger partial charge in [0.05, 0.1) is 29.8 Å². The predicted octanol–water partition coefficient (Wildman–Crippen LogP) is 4.63. The van der Waals surface area contributed by atoms with Crippen molar-refractivity contribution in [3.8, 4) is 0 Å². The number of carbonyl (C=O) groups excluding carboxylic acids is 3. The lowest BCUT2D eigenvalue weighted by atomic mass is 9.98. The number of nitrogens with zero attached hydrogens (tertiary/aromatic N) is 1. The third-order valence-corrected chi connectivity index (χ3v) is 6.51. The van der Waals surface area contributed by atoms with Crippen molar-refractivity contribution in [2.75, 3.05) is 13.2 Å². The van der Waals surface area contributed by atoms with Crippen molar-refractivity contribution in [1.82, 2.24) is 10.2 Å². The average molecular weight is 475 g/mol. The zero-order valence-electron chi connectivity index (χ0n) is 18.4. The van der Waals surface area contributed by atoms with E-state index in [9.17, 15) is 14.4 Å². The third kappa shape index (κ3) is 4.34. The molecule has 3 amide bonds. The molecule has 2 aliphatic rings. The number of hydrogen-bond donors (Lipinski definition) is 1. The van der Waals surface area contributed by atoms with Gasteiger partial charge in [0.15, 0.2) is 0 Å². The van der Waals surface area contributed by atoms with Crippen LogP contribution in [0.3, 0.4) is 0 Å². The number of ether oxygens (including phenoxy) is 1. The van der Waals surface area contributed by atoms with E-state index in [2.05, 4.69) is 5.32 Å². The number of nitrogens with one attached hydrogen (secondary N) is 1. The molecule has 1 N–H and O–H groups in total. The molecule has 7 heteroatoms. The Labute approximate surface area is 202 Å². The van der Waals surface area contributed by atoms with Gasteiger partial charge < -0.3 is 10.1 Å². The molecule has 1 fully saturated rings. The van der Waals surface area contributed by atoms with Gasteiger partial charge in [-0.05, 0) is 54.3 Å². The fourth-order valence-corrected chi connectivity index (χ4v) is 4.59. The molecule has 0 saturated carbocycles. The first-order valence-electron chi connectivity index (χ1n) is 11.2. The van der Waals surface area contributed by atoms with Crippen molar-refractivity contribution >= 4 is 29.3 Å². The Hall–Kier alpha value is -3.48. The Morgan fingerprint density at radius 2 is 1.68 bits per heavy atom. The summed E-state index contributed by atoms with van der Waals surface area (Å²) in [6, 6.07) is 21.1. The highest BCUT2D eigenvalue weighted by atomic mass is 35.5. The fourth-order valence-electron chi connectivity index (χ4n) is 4.46. The zero-order chi connectivity index (χ0) is 23.7. The summed E-state index contributed by atoms with van der Waals surface area (Å²) in [4.78, 5) is 40.2. The molecule has 0 spiro atoms. The Bertz CT molecular complexity index is 1240. The molecule has 0 aliphatic carbocycles. The Kier molecular flexibility index (Phi) is 6.18. The van der Waals surface area contributed by atoms with Gasteiger partial charge >= 0.3 is 0 Å². The quantitative estimate of drug-likeness (QED) is 0.528. The van der Waals surface area contributed by atoms with Gasteiger partial charge in [-0.1, -0.05) is 54.1 Å². The molecule has 5 rings (SSSR count). The summed E-state index contributed by atoms with van der Waals surface area (Å²) in [5, 5.41) is 3.67. The number of imide groups is 1.